The minimum atomic E-state index is -0.143. The number of hydrogen-bond acceptors (Lipinski definition) is 5. The molecule has 0 aliphatic rings. The van der Waals surface area contributed by atoms with E-state index in [9.17, 15) is 4.79 Å². The lowest BCUT2D eigenvalue weighted by Crippen LogP contribution is -2.25. The molecule has 3 aromatic rings. The van der Waals surface area contributed by atoms with Crippen LogP contribution in [-0.2, 0) is 6.42 Å². The summed E-state index contributed by atoms with van der Waals surface area (Å²) in [6.45, 7) is 0.509. The summed E-state index contributed by atoms with van der Waals surface area (Å²) in [6, 6.07) is 6.85. The fourth-order valence-electron chi connectivity index (χ4n) is 1.72. The first-order valence-electron chi connectivity index (χ1n) is 5.92. The van der Waals surface area contributed by atoms with E-state index in [4.69, 9.17) is 11.6 Å². The van der Waals surface area contributed by atoms with E-state index in [1.54, 1.807) is 35.1 Å². The molecule has 102 valence electrons. The molecule has 0 aliphatic carbocycles. The van der Waals surface area contributed by atoms with Gasteiger partial charge in [-0.3, -0.25) is 4.79 Å². The van der Waals surface area contributed by atoms with E-state index in [0.29, 0.717) is 23.6 Å². The molecule has 0 atom stereocenters. The quantitative estimate of drug-likeness (QED) is 0.798. The third-order valence-corrected chi connectivity index (χ3v) is 3.85. The van der Waals surface area contributed by atoms with Crippen molar-refractivity contribution in [3.05, 3.63) is 46.2 Å². The number of rotatable bonds is 4. The SMILES string of the molecule is O=C(NCCc1nn2cnnc2s1)c1cccc(Cl)c1. The van der Waals surface area contributed by atoms with Crippen LogP contribution in [0.5, 0.6) is 0 Å². The maximum absolute atomic E-state index is 11.9. The van der Waals surface area contributed by atoms with Gasteiger partial charge in [0.25, 0.3) is 5.91 Å². The monoisotopic (exact) mass is 307 g/mol. The highest BCUT2D eigenvalue weighted by atomic mass is 35.5. The van der Waals surface area contributed by atoms with Crippen molar-refractivity contribution in [2.45, 2.75) is 6.42 Å². The summed E-state index contributed by atoms with van der Waals surface area (Å²) in [4.78, 5) is 12.6. The van der Waals surface area contributed by atoms with E-state index in [1.807, 2.05) is 0 Å². The summed E-state index contributed by atoms with van der Waals surface area (Å²) < 4.78 is 1.62. The zero-order valence-electron chi connectivity index (χ0n) is 10.3. The Labute approximate surface area is 123 Å². The van der Waals surface area contributed by atoms with Gasteiger partial charge in [0, 0.05) is 23.6 Å². The van der Waals surface area contributed by atoms with Crippen LogP contribution in [0.25, 0.3) is 4.96 Å². The summed E-state index contributed by atoms with van der Waals surface area (Å²) in [6.07, 6.45) is 2.21. The van der Waals surface area contributed by atoms with E-state index >= 15 is 0 Å². The van der Waals surface area contributed by atoms with Gasteiger partial charge in [-0.1, -0.05) is 29.0 Å². The van der Waals surface area contributed by atoms with Crippen molar-refractivity contribution >= 4 is 33.8 Å². The predicted octanol–water partition coefficient (Wildman–Crippen LogP) is 1.81. The van der Waals surface area contributed by atoms with Gasteiger partial charge in [0.05, 0.1) is 0 Å². The second kappa shape index (κ2) is 5.56. The van der Waals surface area contributed by atoms with Crippen LogP contribution in [0.15, 0.2) is 30.6 Å². The summed E-state index contributed by atoms with van der Waals surface area (Å²) in [7, 11) is 0. The number of amides is 1. The number of nitrogens with zero attached hydrogens (tertiary/aromatic N) is 4. The molecule has 0 aliphatic heterocycles. The van der Waals surface area contributed by atoms with Gasteiger partial charge < -0.3 is 5.32 Å². The maximum atomic E-state index is 11.9. The molecule has 0 saturated heterocycles. The van der Waals surface area contributed by atoms with Gasteiger partial charge in [-0.15, -0.1) is 10.2 Å². The molecule has 3 rings (SSSR count). The molecular formula is C12H10ClN5OS. The van der Waals surface area contributed by atoms with E-state index in [2.05, 4.69) is 20.6 Å². The molecule has 8 heteroatoms. The third kappa shape index (κ3) is 2.78. The van der Waals surface area contributed by atoms with Crippen LogP contribution in [0.2, 0.25) is 5.02 Å². The van der Waals surface area contributed by atoms with E-state index in [1.165, 1.54) is 11.3 Å². The lowest BCUT2D eigenvalue weighted by atomic mass is 10.2. The topological polar surface area (TPSA) is 72.2 Å². The zero-order chi connectivity index (χ0) is 13.9. The Hall–Kier alpha value is -1.99. The van der Waals surface area contributed by atoms with Crippen LogP contribution in [0.1, 0.15) is 15.4 Å². The second-order valence-corrected chi connectivity index (χ2v) is 5.55. The van der Waals surface area contributed by atoms with Crippen molar-refractivity contribution in [3.63, 3.8) is 0 Å². The van der Waals surface area contributed by atoms with E-state index in [0.717, 1.165) is 9.97 Å². The number of carbonyl (C=O) groups excluding carboxylic acids is 1. The number of nitrogens with one attached hydrogen (secondary N) is 1. The first kappa shape index (κ1) is 13.0. The maximum Gasteiger partial charge on any atom is 0.251 e. The number of carbonyl (C=O) groups is 1. The molecule has 0 radical (unpaired) electrons. The molecular weight excluding hydrogens is 298 g/mol. The van der Waals surface area contributed by atoms with Crippen LogP contribution >= 0.6 is 22.9 Å². The van der Waals surface area contributed by atoms with Crippen LogP contribution < -0.4 is 5.32 Å². The van der Waals surface area contributed by atoms with Crippen LogP contribution in [0, 0.1) is 0 Å². The number of halogens is 1. The molecule has 1 N–H and O–H groups in total. The van der Waals surface area contributed by atoms with Crippen molar-refractivity contribution in [2.75, 3.05) is 6.54 Å². The van der Waals surface area contributed by atoms with Gasteiger partial charge in [-0.25, -0.2) is 0 Å². The summed E-state index contributed by atoms with van der Waals surface area (Å²) in [5.74, 6) is -0.143. The fourth-order valence-corrected chi connectivity index (χ4v) is 2.72. The Morgan fingerprint density at radius 3 is 3.15 bits per heavy atom. The molecule has 0 unspecified atom stereocenters. The lowest BCUT2D eigenvalue weighted by molar-refractivity contribution is 0.0954. The van der Waals surface area contributed by atoms with Crippen LogP contribution in [-0.4, -0.2) is 32.3 Å². The van der Waals surface area contributed by atoms with Gasteiger partial charge in [0.1, 0.15) is 11.3 Å². The Bertz CT molecular complexity index is 724. The molecule has 6 nitrogen and oxygen atoms in total. The van der Waals surface area contributed by atoms with Gasteiger partial charge in [0.2, 0.25) is 4.96 Å². The van der Waals surface area contributed by atoms with Crippen molar-refractivity contribution < 1.29 is 4.79 Å². The largest absolute Gasteiger partial charge is 0.352 e. The van der Waals surface area contributed by atoms with E-state index < -0.39 is 0 Å². The smallest absolute Gasteiger partial charge is 0.251 e. The Balaban J connectivity index is 1.57. The minimum absolute atomic E-state index is 0.143. The molecule has 1 aromatic carbocycles. The normalized spacial score (nSPS) is 10.8. The number of aromatic nitrogens is 4. The molecule has 0 bridgehead atoms. The summed E-state index contributed by atoms with van der Waals surface area (Å²) in [5.41, 5.74) is 0.552. The van der Waals surface area contributed by atoms with Gasteiger partial charge in [-0.2, -0.15) is 9.61 Å². The molecule has 2 heterocycles. The van der Waals surface area contributed by atoms with Gasteiger partial charge in [-0.05, 0) is 18.2 Å². The van der Waals surface area contributed by atoms with E-state index in [-0.39, 0.29) is 5.91 Å². The first-order chi connectivity index (χ1) is 9.72. The van der Waals surface area contributed by atoms with Crippen molar-refractivity contribution in [1.82, 2.24) is 25.1 Å². The van der Waals surface area contributed by atoms with Crippen LogP contribution in [0.3, 0.4) is 0 Å². The highest BCUT2D eigenvalue weighted by Crippen LogP contribution is 2.12. The molecule has 20 heavy (non-hydrogen) atoms. The zero-order valence-corrected chi connectivity index (χ0v) is 11.9. The molecule has 0 fully saturated rings. The molecule has 0 saturated carbocycles. The second-order valence-electron chi connectivity index (χ2n) is 4.07. The Kier molecular flexibility index (Phi) is 3.62. The average molecular weight is 308 g/mol. The third-order valence-electron chi connectivity index (χ3n) is 2.64. The van der Waals surface area contributed by atoms with Crippen molar-refractivity contribution in [2.24, 2.45) is 0 Å². The number of hydrogen-bond donors (Lipinski definition) is 1. The summed E-state index contributed by atoms with van der Waals surface area (Å²) in [5, 5.41) is 16.2. The summed E-state index contributed by atoms with van der Waals surface area (Å²) >= 11 is 7.31. The minimum Gasteiger partial charge on any atom is -0.352 e. The van der Waals surface area contributed by atoms with Gasteiger partial charge >= 0.3 is 0 Å². The standard InChI is InChI=1S/C12H10ClN5OS/c13-9-3-1-2-8(6-9)11(19)14-5-4-10-17-18-7-15-16-12(18)20-10/h1-3,6-7H,4-5H2,(H,14,19). The van der Waals surface area contributed by atoms with Gasteiger partial charge in [0.15, 0.2) is 0 Å². The highest BCUT2D eigenvalue weighted by Gasteiger charge is 2.08. The first-order valence-corrected chi connectivity index (χ1v) is 7.11. The molecule has 1 amide bonds. The van der Waals surface area contributed by atoms with Crippen LogP contribution in [0.4, 0.5) is 0 Å². The number of benzene rings is 1. The Morgan fingerprint density at radius 2 is 2.35 bits per heavy atom. The number of fused-ring (bicyclic) bond motifs is 1. The fraction of sp³-hybridized carbons (Fsp3) is 0.167. The lowest BCUT2D eigenvalue weighted by Gasteiger charge is -2.03. The average Bonchev–Trinajstić information content (AvgIpc) is 2.99. The van der Waals surface area contributed by atoms with Crippen molar-refractivity contribution in [3.8, 4) is 0 Å². The predicted molar refractivity (Wildman–Crippen MR) is 76.1 cm³/mol. The molecule has 0 spiro atoms. The Morgan fingerprint density at radius 1 is 1.45 bits per heavy atom. The van der Waals surface area contributed by atoms with Crippen molar-refractivity contribution in [1.29, 1.82) is 0 Å². The molecule has 2 aromatic heterocycles. The highest BCUT2D eigenvalue weighted by molar-refractivity contribution is 7.16.